The maximum atomic E-state index is 13.0. The second kappa shape index (κ2) is 13.3. The maximum absolute atomic E-state index is 13.0. The smallest absolute Gasteiger partial charge is 0.407 e. The molecule has 0 aromatic carbocycles. The Bertz CT molecular complexity index is 899. The van der Waals surface area contributed by atoms with Gasteiger partial charge in [0.15, 0.2) is 0 Å². The average molecular weight is 504 g/mol. The number of urea groups is 1. The van der Waals surface area contributed by atoms with Crippen LogP contribution in [0, 0.1) is 0 Å². The first kappa shape index (κ1) is 27.5. The van der Waals surface area contributed by atoms with E-state index in [4.69, 9.17) is 9.72 Å². The fourth-order valence-electron chi connectivity index (χ4n) is 5.19. The van der Waals surface area contributed by atoms with Gasteiger partial charge in [-0.1, -0.05) is 31.7 Å². The van der Waals surface area contributed by atoms with E-state index in [1.54, 1.807) is 4.90 Å². The molecule has 0 spiro atoms. The molecule has 0 saturated carbocycles. The number of nitrogens with one attached hydrogen (secondary N) is 2. The normalized spacial score (nSPS) is 20.2. The highest BCUT2D eigenvalue weighted by atomic mass is 16.5. The number of rotatable bonds is 10. The molecular weight excluding hydrogens is 462 g/mol. The standard InChI is InChI=1S/C26H41N5O5/c1-18-16-30(26(34)35)17-19(2)31(18)25(33)29-22(24(32)36-3)12-8-6-4-5-7-11-21-14-13-20-10-9-15-27-23(20)28-21/h13-14,18-19,22H,4-12,15-17H2,1-3H3,(H,27,28)(H,29,33)(H,34,35)/t18-,19+,22-/m0/s1. The zero-order chi connectivity index (χ0) is 26.1. The van der Waals surface area contributed by atoms with Crippen LogP contribution in [-0.2, 0) is 22.4 Å². The lowest BCUT2D eigenvalue weighted by molar-refractivity contribution is -0.143. The Balaban J connectivity index is 1.38. The third-order valence-corrected chi connectivity index (χ3v) is 7.08. The predicted molar refractivity (Wildman–Crippen MR) is 137 cm³/mol. The van der Waals surface area contributed by atoms with Crippen LogP contribution in [0.1, 0.15) is 70.1 Å². The van der Waals surface area contributed by atoms with Gasteiger partial charge in [0.05, 0.1) is 7.11 Å². The number of esters is 1. The number of carbonyl (C=O) groups is 3. The van der Waals surface area contributed by atoms with Gasteiger partial charge in [-0.3, -0.25) is 0 Å². The van der Waals surface area contributed by atoms with Crippen molar-refractivity contribution in [3.05, 3.63) is 23.4 Å². The Morgan fingerprint density at radius 1 is 1.14 bits per heavy atom. The van der Waals surface area contributed by atoms with Gasteiger partial charge < -0.3 is 30.3 Å². The van der Waals surface area contributed by atoms with Crippen molar-refractivity contribution < 1.29 is 24.2 Å². The first-order valence-electron chi connectivity index (χ1n) is 13.2. The number of ether oxygens (including phenoxy) is 1. The van der Waals surface area contributed by atoms with Crippen LogP contribution in [0.2, 0.25) is 0 Å². The van der Waals surface area contributed by atoms with E-state index in [9.17, 15) is 19.5 Å². The van der Waals surface area contributed by atoms with Gasteiger partial charge in [0.25, 0.3) is 0 Å². The summed E-state index contributed by atoms with van der Waals surface area (Å²) >= 11 is 0. The van der Waals surface area contributed by atoms with Gasteiger partial charge in [0, 0.05) is 37.4 Å². The van der Waals surface area contributed by atoms with Gasteiger partial charge >= 0.3 is 18.1 Å². The van der Waals surface area contributed by atoms with Crippen LogP contribution in [0.5, 0.6) is 0 Å². The van der Waals surface area contributed by atoms with Crippen molar-refractivity contribution in [3.63, 3.8) is 0 Å². The van der Waals surface area contributed by atoms with E-state index in [0.29, 0.717) is 6.42 Å². The minimum atomic E-state index is -0.989. The summed E-state index contributed by atoms with van der Waals surface area (Å²) in [5, 5.41) is 15.5. The van der Waals surface area contributed by atoms with Crippen molar-refractivity contribution in [3.8, 4) is 0 Å². The van der Waals surface area contributed by atoms with Crippen LogP contribution in [-0.4, -0.2) is 82.9 Å². The number of hydrogen-bond acceptors (Lipinski definition) is 6. The van der Waals surface area contributed by atoms with E-state index in [2.05, 4.69) is 22.8 Å². The van der Waals surface area contributed by atoms with E-state index in [1.165, 1.54) is 17.6 Å². The molecule has 2 aliphatic heterocycles. The van der Waals surface area contributed by atoms with E-state index in [0.717, 1.165) is 69.4 Å². The third-order valence-electron chi connectivity index (χ3n) is 7.08. The van der Waals surface area contributed by atoms with Crippen molar-refractivity contribution in [1.29, 1.82) is 0 Å². The Labute approximate surface area is 213 Å². The van der Waals surface area contributed by atoms with Crippen LogP contribution in [0.4, 0.5) is 15.4 Å². The van der Waals surface area contributed by atoms with Gasteiger partial charge in [0.2, 0.25) is 0 Å². The van der Waals surface area contributed by atoms with Gasteiger partial charge in [-0.25, -0.2) is 19.4 Å². The SMILES string of the molecule is COC(=O)[C@H](CCCCCCCc1ccc2c(n1)NCCC2)NC(=O)N1[C@H](C)CN(C(=O)O)C[C@@H]1C. The fraction of sp³-hybridized carbons (Fsp3) is 0.692. The number of hydrogen-bond donors (Lipinski definition) is 3. The zero-order valence-electron chi connectivity index (χ0n) is 21.8. The summed E-state index contributed by atoms with van der Waals surface area (Å²) in [7, 11) is 1.32. The third kappa shape index (κ3) is 7.48. The molecule has 3 rings (SSSR count). The van der Waals surface area contributed by atoms with Crippen molar-refractivity contribution >= 4 is 23.9 Å². The molecule has 1 saturated heterocycles. The number of piperazine rings is 1. The number of amides is 3. The highest BCUT2D eigenvalue weighted by Gasteiger charge is 2.36. The number of carbonyl (C=O) groups excluding carboxylic acids is 2. The van der Waals surface area contributed by atoms with Crippen LogP contribution in [0.3, 0.4) is 0 Å². The van der Waals surface area contributed by atoms with Crippen molar-refractivity contribution in [2.45, 2.75) is 89.8 Å². The Hall–Kier alpha value is -3.04. The molecule has 3 atom stereocenters. The quantitative estimate of drug-likeness (QED) is 0.329. The highest BCUT2D eigenvalue weighted by molar-refractivity contribution is 5.84. The van der Waals surface area contributed by atoms with Crippen molar-refractivity contribution in [2.75, 3.05) is 32.1 Å². The molecular formula is C26H41N5O5. The highest BCUT2D eigenvalue weighted by Crippen LogP contribution is 2.21. The van der Waals surface area contributed by atoms with Gasteiger partial charge in [-0.15, -0.1) is 0 Å². The van der Waals surface area contributed by atoms with Crippen LogP contribution in [0.25, 0.3) is 0 Å². The van der Waals surface area contributed by atoms with E-state index in [-0.39, 0.29) is 31.2 Å². The maximum Gasteiger partial charge on any atom is 0.407 e. The Morgan fingerprint density at radius 3 is 2.53 bits per heavy atom. The topological polar surface area (TPSA) is 124 Å². The summed E-state index contributed by atoms with van der Waals surface area (Å²) in [6.07, 6.45) is 7.72. The summed E-state index contributed by atoms with van der Waals surface area (Å²) in [6, 6.07) is 2.68. The summed E-state index contributed by atoms with van der Waals surface area (Å²) in [4.78, 5) is 44.3. The number of aryl methyl sites for hydroxylation is 2. The summed E-state index contributed by atoms with van der Waals surface area (Å²) < 4.78 is 4.92. The fourth-order valence-corrected chi connectivity index (χ4v) is 5.19. The summed E-state index contributed by atoms with van der Waals surface area (Å²) in [5.41, 5.74) is 2.44. The number of methoxy groups -OCH3 is 1. The number of fused-ring (bicyclic) bond motifs is 1. The largest absolute Gasteiger partial charge is 0.467 e. The monoisotopic (exact) mass is 503 g/mol. The number of pyridine rings is 1. The minimum absolute atomic E-state index is 0.244. The molecule has 1 aromatic rings. The van der Waals surface area contributed by atoms with Crippen LogP contribution < -0.4 is 10.6 Å². The first-order chi connectivity index (χ1) is 17.3. The molecule has 1 aromatic heterocycles. The zero-order valence-corrected chi connectivity index (χ0v) is 21.8. The molecule has 200 valence electrons. The number of carboxylic acid groups (broad SMARTS) is 1. The number of anilines is 1. The van der Waals surface area contributed by atoms with Gasteiger partial charge in [-0.05, 0) is 57.6 Å². The Kier molecular flexibility index (Phi) is 10.2. The average Bonchev–Trinajstić information content (AvgIpc) is 2.86. The molecule has 3 N–H and O–H groups in total. The molecule has 10 heteroatoms. The van der Waals surface area contributed by atoms with E-state index >= 15 is 0 Å². The molecule has 36 heavy (non-hydrogen) atoms. The molecule has 3 amide bonds. The van der Waals surface area contributed by atoms with Crippen molar-refractivity contribution in [2.24, 2.45) is 0 Å². The second-order valence-electron chi connectivity index (χ2n) is 9.97. The molecule has 2 aliphatic rings. The number of aromatic nitrogens is 1. The van der Waals surface area contributed by atoms with E-state index in [1.807, 2.05) is 13.8 Å². The number of nitrogens with zero attached hydrogens (tertiary/aromatic N) is 3. The molecule has 0 aliphatic carbocycles. The van der Waals surface area contributed by atoms with E-state index < -0.39 is 18.1 Å². The van der Waals surface area contributed by atoms with Crippen LogP contribution in [0.15, 0.2) is 12.1 Å². The van der Waals surface area contributed by atoms with Crippen LogP contribution >= 0.6 is 0 Å². The first-order valence-corrected chi connectivity index (χ1v) is 13.2. The van der Waals surface area contributed by atoms with Gasteiger partial charge in [-0.2, -0.15) is 0 Å². The lowest BCUT2D eigenvalue weighted by atomic mass is 10.0. The second-order valence-corrected chi connectivity index (χ2v) is 9.97. The molecule has 0 unspecified atom stereocenters. The lowest BCUT2D eigenvalue weighted by Gasteiger charge is -2.43. The summed E-state index contributed by atoms with van der Waals surface area (Å²) in [5.74, 6) is 0.585. The Morgan fingerprint density at radius 2 is 1.83 bits per heavy atom. The molecule has 1 fully saturated rings. The molecule has 3 heterocycles. The van der Waals surface area contributed by atoms with Crippen molar-refractivity contribution in [1.82, 2.24) is 20.1 Å². The molecule has 0 bridgehead atoms. The lowest BCUT2D eigenvalue weighted by Crippen LogP contribution is -2.62. The molecule has 10 nitrogen and oxygen atoms in total. The van der Waals surface area contributed by atoms with Gasteiger partial charge in [0.1, 0.15) is 11.9 Å². The predicted octanol–water partition coefficient (Wildman–Crippen LogP) is 3.65. The number of unbranched alkanes of at least 4 members (excludes halogenated alkanes) is 4. The summed E-state index contributed by atoms with van der Waals surface area (Å²) in [6.45, 7) is 5.11. The minimum Gasteiger partial charge on any atom is -0.467 e. The molecule has 0 radical (unpaired) electrons.